The number of nitrogens with zero attached hydrogens (tertiary/aromatic N) is 5. The fourth-order valence-corrected chi connectivity index (χ4v) is 18.2. The molecule has 137 heavy (non-hydrogen) atoms. The van der Waals surface area contributed by atoms with Crippen LogP contribution in [0.2, 0.25) is 0 Å². The number of fused-ring (bicyclic) bond motifs is 4. The molecule has 0 bridgehead atoms. The van der Waals surface area contributed by atoms with Gasteiger partial charge < -0.3 is 60.2 Å². The van der Waals surface area contributed by atoms with Crippen LogP contribution in [0.5, 0.6) is 0 Å². The maximum absolute atomic E-state index is 13.2. The van der Waals surface area contributed by atoms with Crippen molar-refractivity contribution in [3.8, 4) is 0 Å². The van der Waals surface area contributed by atoms with E-state index in [1.807, 2.05) is 126 Å². The third-order valence-corrected chi connectivity index (χ3v) is 25.9. The Morgan fingerprint density at radius 2 is 0.642 bits per heavy atom. The van der Waals surface area contributed by atoms with E-state index in [4.69, 9.17) is 39.9 Å². The van der Waals surface area contributed by atoms with Gasteiger partial charge in [0.1, 0.15) is 0 Å². The zero-order valence-corrected chi connectivity index (χ0v) is 91.6. The molecule has 18 rings (SSSR count). The van der Waals surface area contributed by atoms with Gasteiger partial charge in [-0.1, -0.05) is 21.3 Å². The number of alkyl halides is 2. The first-order valence-corrected chi connectivity index (χ1v) is 47.0. The van der Waals surface area contributed by atoms with Crippen LogP contribution in [0.15, 0.2) is 176 Å². The molecule has 4 aromatic heterocycles. The zero-order valence-electron chi connectivity index (χ0n) is 78.0. The number of aromatic nitrogens is 4. The largest absolute Gasteiger partial charge is 0.475 e. The number of aromatic amines is 4. The third kappa shape index (κ3) is 33.7. The summed E-state index contributed by atoms with van der Waals surface area (Å²) in [6.07, 6.45) is 22.6. The van der Waals surface area contributed by atoms with Gasteiger partial charge in [0.05, 0.1) is 22.0 Å². The molecule has 12 aromatic rings. The first-order chi connectivity index (χ1) is 63.3. The second kappa shape index (κ2) is 59.6. The summed E-state index contributed by atoms with van der Waals surface area (Å²) in [5, 5.41) is 17.5. The number of halogens is 3. The van der Waals surface area contributed by atoms with Crippen molar-refractivity contribution in [1.82, 2.24) is 55.1 Å². The summed E-state index contributed by atoms with van der Waals surface area (Å²) in [5.74, 6) is -1.92. The van der Waals surface area contributed by atoms with E-state index in [1.165, 1.54) is 87.0 Å². The van der Waals surface area contributed by atoms with Crippen LogP contribution in [0.3, 0.4) is 0 Å². The number of piperazine rings is 1. The molecule has 0 atom stereocenters. The summed E-state index contributed by atoms with van der Waals surface area (Å²) in [7, 11) is 2.15. The van der Waals surface area contributed by atoms with Gasteiger partial charge in [-0.25, -0.2) is 4.79 Å². The molecule has 4 radical (unpaired) electrons. The fourth-order valence-electron chi connectivity index (χ4n) is 18.1. The molecule has 29 heteroatoms. The predicted octanol–water partition coefficient (Wildman–Crippen LogP) is 19.4. The molecule has 6 fully saturated rings. The van der Waals surface area contributed by atoms with Gasteiger partial charge in [0.2, 0.25) is 11.6 Å². The van der Waals surface area contributed by atoms with Crippen LogP contribution in [0.4, 0.5) is 0 Å². The summed E-state index contributed by atoms with van der Waals surface area (Å²) in [6, 6.07) is 61.3. The molecule has 0 unspecified atom stereocenters. The van der Waals surface area contributed by atoms with E-state index in [2.05, 4.69) is 121 Å². The average molecular weight is 2220 g/mol. The van der Waals surface area contributed by atoms with Crippen molar-refractivity contribution in [3.63, 3.8) is 0 Å². The summed E-state index contributed by atoms with van der Waals surface area (Å²) >= 11 is 14.9. The van der Waals surface area contributed by atoms with Gasteiger partial charge >= 0.3 is 5.97 Å². The number of carbonyl (C=O) groups is 10. The molecular weight excluding hydrogens is 2090 g/mol. The van der Waals surface area contributed by atoms with E-state index in [-0.39, 0.29) is 186 Å². The van der Waals surface area contributed by atoms with Gasteiger partial charge in [-0.2, -0.15) is 144 Å². The number of Topliss-reactive ketones (excluding diaryl/α,β-unsaturated/α-hetero) is 4. The number of amides is 4. The standard InChI is InChI=1S/C25H25N2O3.C24H22ClN2O3.C24H23N2O4.C22H23N2O.C5H12N2.C5H11N.CH2Cl2.2CH4.4Y/c1-16-12-23-21(22(15-26-23)24(29)17(2)28)14-20(16)25(30)27-10-8-19(9-11-27)13-18-6-4-3-5-7-18;1-15-11-21-19(20(14-26-21)22(28)23(25)29)13-18(15)24(30)27-9-7-17(8-10-27)12-16-5-3-2-4-6-16;1-15-11-21-19(20(14-25-21)22(27)24(29)30)13-18(15)23(28)26-9-7-17(8-10-26)12-16-5-3-2-4-6-16;1-16-13-21-19(7-10-23-21)15-20(16)22(25)24-11-8-18(9-12-24)14-17-5-3-2-4-6-17;1-7-4-2-6-3-5-7;1-2-4-6-5-3-1;2-1-3;;;;;;/h4-7,12,14-15,19,26H,8-11,13H2,1-2H3;3-6,11,13-14,17,26H,7-10,12H2,1H3;3-6,11,13-14,17,25H,7-10,12H2,1H3,(H,29,30);3-7,10,13,15,18,23H,8-9,11-12,14H2,1H3;6H,2-5H2,1H3;6H,1-5H2;1H2;2*1H4;;;;/q4*-1;;;;;;;;;. The van der Waals surface area contributed by atoms with Crippen molar-refractivity contribution < 1.29 is 184 Å². The van der Waals surface area contributed by atoms with Crippen molar-refractivity contribution in [1.29, 1.82) is 0 Å². The van der Waals surface area contributed by atoms with Crippen molar-refractivity contribution in [3.05, 3.63) is 284 Å². The number of ketones is 4. The first-order valence-electron chi connectivity index (χ1n) is 45.5. The number of likely N-dealkylation sites (tertiary alicyclic amines) is 4. The van der Waals surface area contributed by atoms with Gasteiger partial charge in [0.25, 0.3) is 34.7 Å². The van der Waals surface area contributed by atoms with Crippen LogP contribution in [-0.2, 0) is 171 Å². The van der Waals surface area contributed by atoms with E-state index in [1.54, 1.807) is 30.5 Å². The van der Waals surface area contributed by atoms with Crippen LogP contribution < -0.4 is 10.6 Å². The first kappa shape index (κ1) is 118. The van der Waals surface area contributed by atoms with Gasteiger partial charge in [0, 0.05) is 307 Å². The normalized spacial score (nSPS) is 15.0. The Bertz CT molecular complexity index is 5480. The molecule has 0 spiro atoms. The van der Waals surface area contributed by atoms with Crippen LogP contribution in [0.1, 0.15) is 209 Å². The maximum Gasteiger partial charge on any atom is 0.377 e. The minimum absolute atomic E-state index is 0. The number of piperidine rings is 5. The number of likely N-dealkylation sites (N-methyl/N-ethyl adjacent to an activating group) is 1. The van der Waals surface area contributed by atoms with Crippen LogP contribution in [0, 0.1) is 75.6 Å². The van der Waals surface area contributed by atoms with Gasteiger partial charge in [-0.3, -0.25) is 43.2 Å². The minimum Gasteiger partial charge on any atom is -0.475 e. The molecule has 6 aliphatic rings. The van der Waals surface area contributed by atoms with Crippen LogP contribution in [0.25, 0.3) is 43.6 Å². The molecule has 0 saturated carbocycles. The molecule has 716 valence electrons. The van der Waals surface area contributed by atoms with Gasteiger partial charge in [-0.05, 0) is 250 Å². The van der Waals surface area contributed by atoms with E-state index in [0.29, 0.717) is 99.3 Å². The molecule has 7 N–H and O–H groups in total. The number of carboxylic acids is 1. The zero-order chi connectivity index (χ0) is 93.0. The molecule has 6 saturated heterocycles. The minimum atomic E-state index is -1.51. The summed E-state index contributed by atoms with van der Waals surface area (Å²) in [6.45, 7) is 22.1. The Hall–Kier alpha value is -7.21. The Balaban J connectivity index is 0.000000262. The van der Waals surface area contributed by atoms with Crippen molar-refractivity contribution in [2.45, 2.75) is 146 Å². The molecule has 4 amide bonds. The second-order valence-electron chi connectivity index (χ2n) is 35.0. The summed E-state index contributed by atoms with van der Waals surface area (Å²) < 4.78 is 0. The van der Waals surface area contributed by atoms with E-state index in [9.17, 15) is 47.9 Å². The van der Waals surface area contributed by atoms with E-state index < -0.39 is 34.3 Å². The number of carbonyl (C=O) groups excluding carboxylic acids is 9. The van der Waals surface area contributed by atoms with Crippen molar-refractivity contribution in [2.24, 2.45) is 23.7 Å². The quantitative estimate of drug-likeness (QED) is 0.0138. The molecule has 22 nitrogen and oxygen atoms in total. The number of benzene rings is 8. The maximum atomic E-state index is 13.2. The molecule has 8 aromatic carbocycles. The van der Waals surface area contributed by atoms with E-state index in [0.717, 1.165) is 161 Å². The molecule has 0 aliphatic carbocycles. The summed E-state index contributed by atoms with van der Waals surface area (Å²) in [5.41, 5.74) is 15.1. The third-order valence-electron chi connectivity index (χ3n) is 25.7. The van der Waals surface area contributed by atoms with Gasteiger partial charge in [0.15, 0.2) is 5.78 Å². The number of carboxylic acid groups (broad SMARTS) is 1. The number of aryl methyl sites for hydroxylation is 4. The van der Waals surface area contributed by atoms with Gasteiger partial charge in [-0.15, -0.1) is 23.2 Å². The van der Waals surface area contributed by atoms with Crippen LogP contribution >= 0.6 is 34.8 Å². The smallest absolute Gasteiger partial charge is 0.377 e. The molecular formula is C108H126Cl3N11O11Y4-4. The Labute approximate surface area is 922 Å². The Morgan fingerprint density at radius 1 is 0.365 bits per heavy atom. The number of hydrogen-bond acceptors (Lipinski definition) is 13. The van der Waals surface area contributed by atoms with Crippen molar-refractivity contribution >= 4 is 136 Å². The molecule has 10 heterocycles. The Morgan fingerprint density at radius 3 is 0.898 bits per heavy atom. The number of H-pyrrole nitrogens is 4. The second-order valence-corrected chi connectivity index (χ2v) is 36.1. The molecule has 6 aliphatic heterocycles. The number of rotatable bonds is 18. The number of hydrogen-bond donors (Lipinski definition) is 7. The fraction of sp³-hybridized carbons (Fsp3) is 0.389. The SMILES string of the molecule is C.C.C1CCNCC1.CC(=O)C(=O)c1c[nH]c2cc(C)c(C(=O)N3CCC(Cc4cc[c-]cc4)CC3)cc12.CN1CCNCC1.Cc1cc2[nH]cc(C(=O)C(=O)Cl)c2cc1C(=O)N1CCC(Cc2cc[c-]cc2)CC1.Cc1cc2[nH]cc(C(=O)C(=O)O)c2cc1C(=O)N1CCC(Cc2cc[c-]cc2)CC1.Cc1cc2[nH]ccc2cc1C(=O)N1CCC(Cc2cc[c-]cc2)CC1.ClCCl.[Y].[Y].[Y].[Y]. The Kier molecular flexibility index (Phi) is 51.6. The monoisotopic (exact) mass is 2210 g/mol. The van der Waals surface area contributed by atoms with Crippen LogP contribution in [-0.4, -0.2) is 212 Å². The van der Waals surface area contributed by atoms with E-state index >= 15 is 0 Å². The predicted molar refractivity (Wildman–Crippen MR) is 532 cm³/mol. The summed E-state index contributed by atoms with van der Waals surface area (Å²) in [4.78, 5) is 145. The average Bonchev–Trinajstić information content (AvgIpc) is 1.66. The number of nitrogens with one attached hydrogen (secondary N) is 6. The topological polar surface area (TPSA) is 294 Å². The van der Waals surface area contributed by atoms with Crippen molar-refractivity contribution in [2.75, 3.05) is 104 Å². The number of aliphatic carboxylic acids is 1.